The highest BCUT2D eigenvalue weighted by Crippen LogP contribution is 2.17. The van der Waals surface area contributed by atoms with Crippen molar-refractivity contribution in [3.05, 3.63) is 74.2 Å². The Bertz CT molecular complexity index is 582. The number of nitro groups is 1. The van der Waals surface area contributed by atoms with E-state index >= 15 is 0 Å². The van der Waals surface area contributed by atoms with Crippen LogP contribution in [0, 0.1) is 10.1 Å². The Morgan fingerprint density at radius 3 is 2.30 bits per heavy atom. The Morgan fingerprint density at radius 1 is 1.15 bits per heavy atom. The molecule has 1 atom stereocenters. The fraction of sp³-hybridized carbons (Fsp3) is 0.200. The fourth-order valence-corrected chi connectivity index (χ4v) is 2.14. The summed E-state index contributed by atoms with van der Waals surface area (Å²) in [5.41, 5.74) is 2.35. The van der Waals surface area contributed by atoms with E-state index in [1.54, 1.807) is 12.1 Å². The highest BCUT2D eigenvalue weighted by Gasteiger charge is 2.06. The van der Waals surface area contributed by atoms with Crippen molar-refractivity contribution in [2.24, 2.45) is 0 Å². The Labute approximate surface area is 126 Å². The molecule has 2 aromatic rings. The van der Waals surface area contributed by atoms with Crippen LogP contribution in [0.15, 0.2) is 53.0 Å². The minimum atomic E-state index is -0.387. The maximum Gasteiger partial charge on any atom is 0.269 e. The number of hydrogen-bond acceptors (Lipinski definition) is 3. The van der Waals surface area contributed by atoms with E-state index < -0.39 is 0 Å². The summed E-state index contributed by atoms with van der Waals surface area (Å²) in [5, 5.41) is 14.0. The van der Waals surface area contributed by atoms with E-state index in [1.165, 1.54) is 17.7 Å². The van der Waals surface area contributed by atoms with Crippen LogP contribution in [-0.2, 0) is 6.54 Å². The maximum absolute atomic E-state index is 10.6. The molecule has 104 valence electrons. The first kappa shape index (κ1) is 14.7. The molecule has 0 aliphatic rings. The average Bonchev–Trinajstić information content (AvgIpc) is 2.46. The summed E-state index contributed by atoms with van der Waals surface area (Å²) in [5.74, 6) is 0. The van der Waals surface area contributed by atoms with Gasteiger partial charge in [-0.3, -0.25) is 10.1 Å². The normalized spacial score (nSPS) is 12.1. The summed E-state index contributed by atoms with van der Waals surface area (Å²) >= 11 is 3.41. The third kappa shape index (κ3) is 3.88. The highest BCUT2D eigenvalue weighted by molar-refractivity contribution is 9.10. The smallest absolute Gasteiger partial charge is 0.269 e. The molecule has 0 unspecified atom stereocenters. The lowest BCUT2D eigenvalue weighted by Gasteiger charge is -2.14. The number of non-ortho nitro benzene ring substituents is 1. The topological polar surface area (TPSA) is 55.2 Å². The SMILES string of the molecule is C[C@@H](NCc1ccc([N+](=O)[O-])cc1)c1ccc(Br)cc1. The summed E-state index contributed by atoms with van der Waals surface area (Å²) in [6.45, 7) is 2.77. The van der Waals surface area contributed by atoms with Crippen LogP contribution in [0.4, 0.5) is 5.69 Å². The van der Waals surface area contributed by atoms with E-state index in [9.17, 15) is 10.1 Å². The molecule has 0 amide bonds. The van der Waals surface area contributed by atoms with Crippen molar-refractivity contribution < 1.29 is 4.92 Å². The minimum absolute atomic E-state index is 0.120. The first-order valence-corrected chi connectivity index (χ1v) is 7.08. The van der Waals surface area contributed by atoms with Crippen molar-refractivity contribution in [3.8, 4) is 0 Å². The van der Waals surface area contributed by atoms with Gasteiger partial charge in [-0.15, -0.1) is 0 Å². The molecule has 2 aromatic carbocycles. The van der Waals surface area contributed by atoms with Gasteiger partial charge in [0.2, 0.25) is 0 Å². The van der Waals surface area contributed by atoms with Gasteiger partial charge in [0.25, 0.3) is 5.69 Å². The van der Waals surface area contributed by atoms with Crippen LogP contribution < -0.4 is 5.32 Å². The van der Waals surface area contributed by atoms with Gasteiger partial charge in [0.05, 0.1) is 4.92 Å². The number of benzene rings is 2. The molecule has 0 bridgehead atoms. The van der Waals surface area contributed by atoms with Crippen molar-refractivity contribution >= 4 is 21.6 Å². The van der Waals surface area contributed by atoms with E-state index in [0.717, 1.165) is 10.0 Å². The summed E-state index contributed by atoms with van der Waals surface area (Å²) < 4.78 is 1.06. The molecule has 0 aliphatic heterocycles. The zero-order valence-corrected chi connectivity index (χ0v) is 12.6. The van der Waals surface area contributed by atoms with Crippen LogP contribution in [0.2, 0.25) is 0 Å². The molecule has 0 aromatic heterocycles. The molecule has 5 heteroatoms. The second-order valence-electron chi connectivity index (χ2n) is 4.58. The number of halogens is 1. The molecule has 0 spiro atoms. The van der Waals surface area contributed by atoms with E-state index in [4.69, 9.17) is 0 Å². The van der Waals surface area contributed by atoms with Gasteiger partial charge >= 0.3 is 0 Å². The van der Waals surface area contributed by atoms with Crippen LogP contribution in [0.25, 0.3) is 0 Å². The molecule has 4 nitrogen and oxygen atoms in total. The van der Waals surface area contributed by atoms with Gasteiger partial charge in [0, 0.05) is 29.2 Å². The van der Waals surface area contributed by atoms with Crippen molar-refractivity contribution in [2.75, 3.05) is 0 Å². The minimum Gasteiger partial charge on any atom is -0.306 e. The van der Waals surface area contributed by atoms with E-state index in [0.29, 0.717) is 6.54 Å². The molecule has 0 fully saturated rings. The van der Waals surface area contributed by atoms with Crippen LogP contribution in [0.1, 0.15) is 24.1 Å². The molecular formula is C15H15BrN2O2. The summed E-state index contributed by atoms with van der Waals surface area (Å²) in [4.78, 5) is 10.2. The molecule has 0 radical (unpaired) electrons. The number of hydrogen-bond donors (Lipinski definition) is 1. The summed E-state index contributed by atoms with van der Waals surface area (Å²) in [7, 11) is 0. The van der Waals surface area contributed by atoms with Gasteiger partial charge in [-0.25, -0.2) is 0 Å². The standard InChI is InChI=1S/C15H15BrN2O2/c1-11(13-4-6-14(16)7-5-13)17-10-12-2-8-15(9-3-12)18(19)20/h2-9,11,17H,10H2,1H3/t11-/m1/s1. The predicted octanol–water partition coefficient (Wildman–Crippen LogP) is 4.21. The van der Waals surface area contributed by atoms with Gasteiger partial charge in [-0.2, -0.15) is 0 Å². The Morgan fingerprint density at radius 2 is 1.75 bits per heavy atom. The first-order valence-electron chi connectivity index (χ1n) is 6.28. The Hall–Kier alpha value is -1.72. The molecule has 1 N–H and O–H groups in total. The summed E-state index contributed by atoms with van der Waals surface area (Å²) in [6, 6.07) is 15.0. The third-order valence-corrected chi connectivity index (χ3v) is 3.66. The zero-order chi connectivity index (χ0) is 14.5. The van der Waals surface area contributed by atoms with Gasteiger partial charge in [-0.05, 0) is 30.2 Å². The lowest BCUT2D eigenvalue weighted by atomic mass is 10.1. The van der Waals surface area contributed by atoms with Crippen LogP contribution in [0.3, 0.4) is 0 Å². The quantitative estimate of drug-likeness (QED) is 0.658. The lowest BCUT2D eigenvalue weighted by molar-refractivity contribution is -0.384. The Balaban J connectivity index is 1.94. The predicted molar refractivity (Wildman–Crippen MR) is 82.5 cm³/mol. The van der Waals surface area contributed by atoms with Crippen molar-refractivity contribution in [1.29, 1.82) is 0 Å². The maximum atomic E-state index is 10.6. The number of rotatable bonds is 5. The van der Waals surface area contributed by atoms with Crippen LogP contribution in [0.5, 0.6) is 0 Å². The largest absolute Gasteiger partial charge is 0.306 e. The Kier molecular flexibility index (Phi) is 4.87. The van der Waals surface area contributed by atoms with Crippen molar-refractivity contribution in [2.45, 2.75) is 19.5 Å². The second-order valence-corrected chi connectivity index (χ2v) is 5.49. The van der Waals surface area contributed by atoms with Gasteiger partial charge in [0.15, 0.2) is 0 Å². The monoisotopic (exact) mass is 334 g/mol. The second kappa shape index (κ2) is 6.63. The van der Waals surface area contributed by atoms with E-state index in [2.05, 4.69) is 40.3 Å². The molecule has 0 saturated carbocycles. The summed E-state index contributed by atoms with van der Waals surface area (Å²) in [6.07, 6.45) is 0. The first-order chi connectivity index (χ1) is 9.56. The van der Waals surface area contributed by atoms with Crippen molar-refractivity contribution in [3.63, 3.8) is 0 Å². The average molecular weight is 335 g/mol. The zero-order valence-electron chi connectivity index (χ0n) is 11.0. The molecular weight excluding hydrogens is 320 g/mol. The molecule has 0 aliphatic carbocycles. The van der Waals surface area contributed by atoms with Crippen molar-refractivity contribution in [1.82, 2.24) is 5.32 Å². The van der Waals surface area contributed by atoms with Crippen LogP contribution in [-0.4, -0.2) is 4.92 Å². The van der Waals surface area contributed by atoms with E-state index in [-0.39, 0.29) is 16.7 Å². The molecule has 2 rings (SSSR count). The van der Waals surface area contributed by atoms with Gasteiger partial charge in [0.1, 0.15) is 0 Å². The van der Waals surface area contributed by atoms with E-state index in [1.807, 2.05) is 12.1 Å². The molecule has 0 saturated heterocycles. The molecule has 0 heterocycles. The van der Waals surface area contributed by atoms with Gasteiger partial charge in [-0.1, -0.05) is 40.2 Å². The lowest BCUT2D eigenvalue weighted by Crippen LogP contribution is -2.17. The number of nitrogens with one attached hydrogen (secondary N) is 1. The number of nitrogens with zero attached hydrogens (tertiary/aromatic N) is 1. The van der Waals surface area contributed by atoms with Crippen LogP contribution >= 0.6 is 15.9 Å². The van der Waals surface area contributed by atoms with Gasteiger partial charge < -0.3 is 5.32 Å². The number of nitro benzene ring substituents is 1. The molecule has 20 heavy (non-hydrogen) atoms. The fourth-order valence-electron chi connectivity index (χ4n) is 1.88. The third-order valence-electron chi connectivity index (χ3n) is 3.13. The highest BCUT2D eigenvalue weighted by atomic mass is 79.9.